The molecule has 0 fully saturated rings. The van der Waals surface area contributed by atoms with E-state index < -0.39 is 0 Å². The maximum Gasteiger partial charge on any atom is 0.0660 e. The Labute approximate surface area is 141 Å². The molecule has 2 aromatic carbocycles. The summed E-state index contributed by atoms with van der Waals surface area (Å²) in [7, 11) is 0. The second kappa shape index (κ2) is 6.27. The zero-order chi connectivity index (χ0) is 13.3. The van der Waals surface area contributed by atoms with Gasteiger partial charge in [-0.05, 0) is 47.5 Å². The Balaban J connectivity index is 2.47. The van der Waals surface area contributed by atoms with Gasteiger partial charge in [-0.3, -0.25) is 0 Å². The van der Waals surface area contributed by atoms with Crippen molar-refractivity contribution in [2.24, 2.45) is 0 Å². The lowest BCUT2D eigenvalue weighted by atomic mass is 10.1. The molecule has 0 aliphatic heterocycles. The predicted octanol–water partition coefficient (Wildman–Crippen LogP) is 7.00. The molecule has 0 nitrogen and oxygen atoms in total. The Morgan fingerprint density at radius 3 is 2.11 bits per heavy atom. The summed E-state index contributed by atoms with van der Waals surface area (Å²) in [4.78, 5) is -0.00231. The fourth-order valence-electron chi connectivity index (χ4n) is 1.61. The molecule has 0 aromatic heterocycles. The first-order valence-corrected chi connectivity index (χ1v) is 8.28. The topological polar surface area (TPSA) is 0 Å². The minimum atomic E-state index is -0.00231. The van der Waals surface area contributed by atoms with Gasteiger partial charge in [0.2, 0.25) is 0 Å². The summed E-state index contributed by atoms with van der Waals surface area (Å²) in [5.41, 5.74) is 2.05. The van der Waals surface area contributed by atoms with Crippen LogP contribution in [0.4, 0.5) is 0 Å². The fourth-order valence-corrected chi connectivity index (χ4v) is 4.12. The van der Waals surface area contributed by atoms with Crippen molar-refractivity contribution in [1.29, 1.82) is 0 Å². The van der Waals surface area contributed by atoms with Crippen molar-refractivity contribution < 1.29 is 0 Å². The van der Waals surface area contributed by atoms with Gasteiger partial charge in [-0.25, -0.2) is 0 Å². The normalized spacial score (nSPS) is 12.5. The van der Waals surface area contributed by atoms with Crippen LogP contribution in [0.1, 0.15) is 16.0 Å². The highest BCUT2D eigenvalue weighted by Gasteiger charge is 2.15. The monoisotopic (exact) mass is 470 g/mol. The van der Waals surface area contributed by atoms with Gasteiger partial charge in [0.1, 0.15) is 0 Å². The van der Waals surface area contributed by atoms with Gasteiger partial charge < -0.3 is 0 Å². The Kier molecular flexibility index (Phi) is 5.18. The predicted molar refractivity (Wildman–Crippen MR) is 89.1 cm³/mol. The van der Waals surface area contributed by atoms with E-state index in [-0.39, 0.29) is 4.83 Å². The van der Waals surface area contributed by atoms with Gasteiger partial charge in [-0.2, -0.15) is 0 Å². The van der Waals surface area contributed by atoms with Crippen LogP contribution < -0.4 is 0 Å². The molecule has 0 amide bonds. The van der Waals surface area contributed by atoms with E-state index in [0.29, 0.717) is 10.0 Å². The molecular formula is C13H7Br3Cl2. The van der Waals surface area contributed by atoms with Crippen LogP contribution in [0.3, 0.4) is 0 Å². The minimum Gasteiger partial charge on any atom is -0.0843 e. The molecule has 94 valence electrons. The first kappa shape index (κ1) is 14.9. The van der Waals surface area contributed by atoms with E-state index in [0.717, 1.165) is 20.1 Å². The van der Waals surface area contributed by atoms with Crippen molar-refractivity contribution in [2.45, 2.75) is 4.83 Å². The standard InChI is InChI=1S/C13H7Br3Cl2/c14-8-3-7(4-9(15)5-8)13(16)11-6-10(17)1-2-12(11)18/h1-6,13H. The van der Waals surface area contributed by atoms with Crippen molar-refractivity contribution in [1.82, 2.24) is 0 Å². The third-order valence-corrected chi connectivity index (χ3v) is 4.93. The van der Waals surface area contributed by atoms with Crippen LogP contribution in [0.5, 0.6) is 0 Å². The van der Waals surface area contributed by atoms with E-state index in [2.05, 4.69) is 47.8 Å². The molecule has 0 heterocycles. The summed E-state index contributed by atoms with van der Waals surface area (Å²) < 4.78 is 2.02. The molecule has 5 heteroatoms. The molecule has 0 radical (unpaired) electrons. The average molecular weight is 474 g/mol. The van der Waals surface area contributed by atoms with Crippen LogP contribution in [0.2, 0.25) is 10.0 Å². The number of rotatable bonds is 2. The van der Waals surface area contributed by atoms with Crippen molar-refractivity contribution in [3.05, 3.63) is 66.5 Å². The van der Waals surface area contributed by atoms with Crippen LogP contribution in [0, 0.1) is 0 Å². The number of halogens is 5. The van der Waals surface area contributed by atoms with Crippen molar-refractivity contribution in [2.75, 3.05) is 0 Å². The number of hydrogen-bond acceptors (Lipinski definition) is 0. The molecule has 2 aromatic rings. The third-order valence-electron chi connectivity index (χ3n) is 2.41. The van der Waals surface area contributed by atoms with Gasteiger partial charge in [-0.1, -0.05) is 71.0 Å². The third kappa shape index (κ3) is 3.51. The van der Waals surface area contributed by atoms with Gasteiger partial charge in [0.25, 0.3) is 0 Å². The van der Waals surface area contributed by atoms with E-state index in [1.54, 1.807) is 12.1 Å². The molecular weight excluding hydrogens is 467 g/mol. The largest absolute Gasteiger partial charge is 0.0843 e. The fraction of sp³-hybridized carbons (Fsp3) is 0.0769. The maximum atomic E-state index is 6.21. The van der Waals surface area contributed by atoms with Gasteiger partial charge in [0, 0.05) is 19.0 Å². The summed E-state index contributed by atoms with van der Waals surface area (Å²) in [6.07, 6.45) is 0. The summed E-state index contributed by atoms with van der Waals surface area (Å²) in [6.45, 7) is 0. The summed E-state index contributed by atoms with van der Waals surface area (Å²) >= 11 is 22.8. The van der Waals surface area contributed by atoms with E-state index >= 15 is 0 Å². The Hall–Kier alpha value is 0.460. The van der Waals surface area contributed by atoms with E-state index in [9.17, 15) is 0 Å². The van der Waals surface area contributed by atoms with Crippen LogP contribution in [-0.4, -0.2) is 0 Å². The average Bonchev–Trinajstić information content (AvgIpc) is 2.30. The number of alkyl halides is 1. The minimum absolute atomic E-state index is 0.00231. The zero-order valence-corrected chi connectivity index (χ0v) is 15.2. The van der Waals surface area contributed by atoms with Crippen LogP contribution in [-0.2, 0) is 0 Å². The highest BCUT2D eigenvalue weighted by Crippen LogP contribution is 2.38. The molecule has 0 aliphatic rings. The summed E-state index contributed by atoms with van der Waals surface area (Å²) in [5.74, 6) is 0. The molecule has 0 saturated heterocycles. The molecule has 0 spiro atoms. The molecule has 2 rings (SSSR count). The Bertz CT molecular complexity index is 564. The number of hydrogen-bond donors (Lipinski definition) is 0. The number of benzene rings is 2. The van der Waals surface area contributed by atoms with Crippen molar-refractivity contribution in [3.8, 4) is 0 Å². The van der Waals surface area contributed by atoms with E-state index in [1.165, 1.54) is 0 Å². The Morgan fingerprint density at radius 1 is 0.889 bits per heavy atom. The quantitative estimate of drug-likeness (QED) is 0.412. The highest BCUT2D eigenvalue weighted by molar-refractivity contribution is 9.11. The van der Waals surface area contributed by atoms with Gasteiger partial charge in [0.05, 0.1) is 4.83 Å². The van der Waals surface area contributed by atoms with Crippen molar-refractivity contribution >= 4 is 71.0 Å². The van der Waals surface area contributed by atoms with Crippen molar-refractivity contribution in [3.63, 3.8) is 0 Å². The van der Waals surface area contributed by atoms with Crippen LogP contribution in [0.25, 0.3) is 0 Å². The maximum absolute atomic E-state index is 6.21. The lowest BCUT2D eigenvalue weighted by Crippen LogP contribution is -1.94. The molecule has 0 aliphatic carbocycles. The van der Waals surface area contributed by atoms with Gasteiger partial charge in [0.15, 0.2) is 0 Å². The second-order valence-electron chi connectivity index (χ2n) is 3.73. The lowest BCUT2D eigenvalue weighted by molar-refractivity contribution is 1.17. The summed E-state index contributed by atoms with van der Waals surface area (Å²) in [5, 5.41) is 1.37. The molecule has 18 heavy (non-hydrogen) atoms. The summed E-state index contributed by atoms with van der Waals surface area (Å²) in [6, 6.07) is 11.5. The smallest absolute Gasteiger partial charge is 0.0660 e. The SMILES string of the molecule is Clc1ccc(Cl)c(C(Br)c2cc(Br)cc(Br)c2)c1. The second-order valence-corrected chi connectivity index (χ2v) is 7.32. The molecule has 1 unspecified atom stereocenters. The highest BCUT2D eigenvalue weighted by atomic mass is 79.9. The lowest BCUT2D eigenvalue weighted by Gasteiger charge is -2.14. The van der Waals surface area contributed by atoms with Crippen LogP contribution in [0.15, 0.2) is 45.3 Å². The van der Waals surface area contributed by atoms with E-state index in [4.69, 9.17) is 23.2 Å². The molecule has 0 N–H and O–H groups in total. The van der Waals surface area contributed by atoms with Gasteiger partial charge >= 0.3 is 0 Å². The van der Waals surface area contributed by atoms with Crippen LogP contribution >= 0.6 is 71.0 Å². The van der Waals surface area contributed by atoms with Gasteiger partial charge in [-0.15, -0.1) is 0 Å². The molecule has 0 saturated carbocycles. The van der Waals surface area contributed by atoms with E-state index in [1.807, 2.05) is 24.3 Å². The first-order chi connectivity index (χ1) is 8.47. The molecule has 0 bridgehead atoms. The zero-order valence-electron chi connectivity index (χ0n) is 8.93. The Morgan fingerprint density at radius 2 is 1.50 bits per heavy atom. The first-order valence-electron chi connectivity index (χ1n) is 5.02. The molecule has 1 atom stereocenters.